The SMILES string of the molecule is CCCNC(=O)Nc1ccc2c(c1)OC[C@@H](C)N(C(=O)C1CCCC1)C[C@@H](C)[C@H](OC)CN(C)C2=O. The standard InChI is InChI=1S/C27H42N4O5/c1-6-13-28-27(34)29-21-11-12-22-23(14-21)36-17-19(3)31(25(32)20-9-7-8-10-20)15-18(2)24(35-5)16-30(4)26(22)33/h11-12,14,18-20,24H,6-10,13,15-17H2,1-5H3,(H2,28,29,34)/t18-,19-,24-/m1/s1. The Morgan fingerprint density at radius 3 is 2.56 bits per heavy atom. The number of rotatable bonds is 5. The summed E-state index contributed by atoms with van der Waals surface area (Å²) >= 11 is 0. The molecule has 1 heterocycles. The fraction of sp³-hybridized carbons (Fsp3) is 0.667. The summed E-state index contributed by atoms with van der Waals surface area (Å²) in [6.07, 6.45) is 4.65. The Bertz CT molecular complexity index is 917. The first-order valence-electron chi connectivity index (χ1n) is 13.2. The molecule has 1 aromatic carbocycles. The quantitative estimate of drug-likeness (QED) is 0.639. The van der Waals surface area contributed by atoms with Gasteiger partial charge < -0.3 is 29.9 Å². The minimum Gasteiger partial charge on any atom is -0.491 e. The number of benzene rings is 1. The van der Waals surface area contributed by atoms with Gasteiger partial charge in [0, 0.05) is 57.4 Å². The second-order valence-electron chi connectivity index (χ2n) is 10.2. The maximum absolute atomic E-state index is 13.5. The van der Waals surface area contributed by atoms with Crippen molar-refractivity contribution in [1.29, 1.82) is 0 Å². The number of likely N-dealkylation sites (N-methyl/N-ethyl adjacent to an activating group) is 1. The van der Waals surface area contributed by atoms with Gasteiger partial charge in [0.05, 0.1) is 17.7 Å². The van der Waals surface area contributed by atoms with E-state index in [0.29, 0.717) is 36.6 Å². The third-order valence-electron chi connectivity index (χ3n) is 7.23. The lowest BCUT2D eigenvalue weighted by Crippen LogP contribution is -2.50. The van der Waals surface area contributed by atoms with Crippen molar-refractivity contribution in [1.82, 2.24) is 15.1 Å². The highest BCUT2D eigenvalue weighted by Crippen LogP contribution is 2.30. The van der Waals surface area contributed by atoms with Gasteiger partial charge in [-0.05, 0) is 38.3 Å². The number of carbonyl (C=O) groups excluding carboxylic acids is 3. The lowest BCUT2D eigenvalue weighted by Gasteiger charge is -2.37. The van der Waals surface area contributed by atoms with Crippen molar-refractivity contribution in [3.63, 3.8) is 0 Å². The van der Waals surface area contributed by atoms with Gasteiger partial charge in [-0.25, -0.2) is 4.79 Å². The third kappa shape index (κ3) is 6.90. The molecule has 200 valence electrons. The fourth-order valence-electron chi connectivity index (χ4n) is 4.98. The molecule has 0 bridgehead atoms. The van der Waals surface area contributed by atoms with Gasteiger partial charge in [0.15, 0.2) is 0 Å². The Morgan fingerprint density at radius 2 is 1.89 bits per heavy atom. The number of anilines is 1. The molecule has 1 aliphatic carbocycles. The first-order chi connectivity index (χ1) is 17.2. The maximum Gasteiger partial charge on any atom is 0.319 e. The van der Waals surface area contributed by atoms with Crippen LogP contribution in [-0.4, -0.2) is 80.2 Å². The Kier molecular flexibility index (Phi) is 9.98. The Hall–Kier alpha value is -2.81. The second-order valence-corrected chi connectivity index (χ2v) is 10.2. The van der Waals surface area contributed by atoms with E-state index in [9.17, 15) is 14.4 Å². The van der Waals surface area contributed by atoms with Crippen LogP contribution in [0.25, 0.3) is 0 Å². The number of nitrogens with zero attached hydrogens (tertiary/aromatic N) is 2. The van der Waals surface area contributed by atoms with Crippen LogP contribution < -0.4 is 15.4 Å². The molecule has 2 aliphatic rings. The van der Waals surface area contributed by atoms with Gasteiger partial charge in [-0.15, -0.1) is 0 Å². The third-order valence-corrected chi connectivity index (χ3v) is 7.23. The maximum atomic E-state index is 13.5. The average Bonchev–Trinajstić information content (AvgIpc) is 3.41. The van der Waals surface area contributed by atoms with Crippen LogP contribution in [0.1, 0.15) is 63.2 Å². The molecule has 2 N–H and O–H groups in total. The van der Waals surface area contributed by atoms with E-state index in [1.807, 2.05) is 18.7 Å². The molecule has 1 aromatic rings. The summed E-state index contributed by atoms with van der Waals surface area (Å²) < 4.78 is 12.0. The Labute approximate surface area is 214 Å². The van der Waals surface area contributed by atoms with E-state index in [4.69, 9.17) is 9.47 Å². The molecule has 3 rings (SSSR count). The molecule has 1 aliphatic heterocycles. The van der Waals surface area contributed by atoms with Gasteiger partial charge in [-0.1, -0.05) is 26.7 Å². The van der Waals surface area contributed by atoms with Crippen LogP contribution in [0.15, 0.2) is 18.2 Å². The number of ether oxygens (including phenoxy) is 2. The van der Waals surface area contributed by atoms with Crippen LogP contribution in [0.3, 0.4) is 0 Å². The molecule has 9 nitrogen and oxygen atoms in total. The number of urea groups is 1. The zero-order valence-corrected chi connectivity index (χ0v) is 22.3. The molecule has 0 unspecified atom stereocenters. The predicted molar refractivity (Wildman–Crippen MR) is 139 cm³/mol. The summed E-state index contributed by atoms with van der Waals surface area (Å²) in [7, 11) is 3.39. The number of amides is 4. The smallest absolute Gasteiger partial charge is 0.319 e. The summed E-state index contributed by atoms with van der Waals surface area (Å²) in [6.45, 7) is 7.75. The van der Waals surface area contributed by atoms with Gasteiger partial charge in [-0.3, -0.25) is 9.59 Å². The summed E-state index contributed by atoms with van der Waals surface area (Å²) in [4.78, 5) is 42.6. The van der Waals surface area contributed by atoms with Gasteiger partial charge in [0.25, 0.3) is 5.91 Å². The van der Waals surface area contributed by atoms with Gasteiger partial charge in [0.1, 0.15) is 12.4 Å². The number of hydrogen-bond acceptors (Lipinski definition) is 5. The molecule has 1 fully saturated rings. The molecule has 36 heavy (non-hydrogen) atoms. The normalized spacial score (nSPS) is 23.8. The van der Waals surface area contributed by atoms with E-state index in [1.165, 1.54) is 0 Å². The average molecular weight is 503 g/mol. The topological polar surface area (TPSA) is 100 Å². The number of nitrogens with one attached hydrogen (secondary N) is 2. The summed E-state index contributed by atoms with van der Waals surface area (Å²) in [5.41, 5.74) is 0.931. The van der Waals surface area contributed by atoms with E-state index in [1.54, 1.807) is 37.3 Å². The monoisotopic (exact) mass is 502 g/mol. The molecule has 3 atom stereocenters. The molecule has 0 aromatic heterocycles. The largest absolute Gasteiger partial charge is 0.491 e. The van der Waals surface area contributed by atoms with Crippen LogP contribution in [0.4, 0.5) is 10.5 Å². The van der Waals surface area contributed by atoms with Crippen molar-refractivity contribution >= 4 is 23.5 Å². The van der Waals surface area contributed by atoms with E-state index < -0.39 is 0 Å². The fourth-order valence-corrected chi connectivity index (χ4v) is 4.98. The molecule has 0 radical (unpaired) electrons. The zero-order chi connectivity index (χ0) is 26.2. The zero-order valence-electron chi connectivity index (χ0n) is 22.3. The van der Waals surface area contributed by atoms with Crippen molar-refractivity contribution in [3.8, 4) is 5.75 Å². The van der Waals surface area contributed by atoms with Crippen molar-refractivity contribution in [2.24, 2.45) is 11.8 Å². The summed E-state index contributed by atoms with van der Waals surface area (Å²) in [6, 6.07) is 4.54. The Morgan fingerprint density at radius 1 is 1.17 bits per heavy atom. The van der Waals surface area contributed by atoms with Crippen molar-refractivity contribution < 1.29 is 23.9 Å². The number of hydrogen-bond donors (Lipinski definition) is 2. The highest BCUT2D eigenvalue weighted by atomic mass is 16.5. The number of fused-ring (bicyclic) bond motifs is 1. The summed E-state index contributed by atoms with van der Waals surface area (Å²) in [5, 5.41) is 5.57. The van der Waals surface area contributed by atoms with Crippen molar-refractivity contribution in [2.45, 2.75) is 65.0 Å². The Balaban J connectivity index is 1.91. The van der Waals surface area contributed by atoms with Crippen LogP contribution in [0.2, 0.25) is 0 Å². The minimum absolute atomic E-state index is 0.0326. The second kappa shape index (κ2) is 12.9. The highest BCUT2D eigenvalue weighted by molar-refractivity contribution is 5.98. The van der Waals surface area contributed by atoms with Crippen LogP contribution in [0, 0.1) is 11.8 Å². The highest BCUT2D eigenvalue weighted by Gasteiger charge is 2.34. The molecule has 1 saturated carbocycles. The van der Waals surface area contributed by atoms with E-state index >= 15 is 0 Å². The molecule has 9 heteroatoms. The van der Waals surface area contributed by atoms with Crippen LogP contribution in [-0.2, 0) is 9.53 Å². The van der Waals surface area contributed by atoms with Crippen LogP contribution in [0.5, 0.6) is 5.75 Å². The van der Waals surface area contributed by atoms with E-state index in [-0.39, 0.29) is 48.4 Å². The number of methoxy groups -OCH3 is 1. The number of carbonyl (C=O) groups is 3. The van der Waals surface area contributed by atoms with E-state index in [2.05, 4.69) is 17.6 Å². The molecule has 4 amide bonds. The lowest BCUT2D eigenvalue weighted by molar-refractivity contribution is -0.139. The first kappa shape index (κ1) is 27.8. The summed E-state index contributed by atoms with van der Waals surface area (Å²) in [5.74, 6) is 0.457. The molecular formula is C27H42N4O5. The minimum atomic E-state index is -0.313. The molecule has 0 spiro atoms. The van der Waals surface area contributed by atoms with Gasteiger partial charge in [-0.2, -0.15) is 0 Å². The van der Waals surface area contributed by atoms with Gasteiger partial charge >= 0.3 is 6.03 Å². The molecule has 0 saturated heterocycles. The molecular weight excluding hydrogens is 460 g/mol. The van der Waals surface area contributed by atoms with Crippen molar-refractivity contribution in [2.75, 3.05) is 45.7 Å². The van der Waals surface area contributed by atoms with Crippen LogP contribution >= 0.6 is 0 Å². The van der Waals surface area contributed by atoms with Crippen molar-refractivity contribution in [3.05, 3.63) is 23.8 Å². The first-order valence-corrected chi connectivity index (χ1v) is 13.2. The lowest BCUT2D eigenvalue weighted by atomic mass is 9.99. The van der Waals surface area contributed by atoms with Gasteiger partial charge in [0.2, 0.25) is 5.91 Å². The van der Waals surface area contributed by atoms with E-state index in [0.717, 1.165) is 32.1 Å². The predicted octanol–water partition coefficient (Wildman–Crippen LogP) is 3.74.